The molecule has 1 heterocycles. The van der Waals surface area contributed by atoms with Gasteiger partial charge in [-0.25, -0.2) is 4.79 Å². The Morgan fingerprint density at radius 3 is 2.17 bits per heavy atom. The summed E-state index contributed by atoms with van der Waals surface area (Å²) in [6, 6.07) is 8.69. The zero-order valence-electron chi connectivity index (χ0n) is 13.0. The lowest BCUT2D eigenvalue weighted by molar-refractivity contribution is -0.148. The fourth-order valence-corrected chi connectivity index (χ4v) is 4.96. The molecule has 4 aliphatic carbocycles. The maximum absolute atomic E-state index is 12.8. The second-order valence-corrected chi connectivity index (χ2v) is 7.20. The van der Waals surface area contributed by atoms with Crippen molar-refractivity contribution in [2.45, 2.75) is 6.42 Å². The summed E-state index contributed by atoms with van der Waals surface area (Å²) in [5.41, 5.74) is 0. The SMILES string of the molecule is O=C(CN1C(=O)[C@@H]2[C@H]3C=C[C@@H]([C@@H]4C[C@@H]34)[C@@H]2C1=O)Oc1ccccc1. The molecule has 2 saturated carbocycles. The Hall–Kier alpha value is -2.43. The van der Waals surface area contributed by atoms with Gasteiger partial charge in [-0.3, -0.25) is 14.5 Å². The van der Waals surface area contributed by atoms with Gasteiger partial charge in [0.2, 0.25) is 11.8 Å². The van der Waals surface area contributed by atoms with Crippen LogP contribution in [0.3, 0.4) is 0 Å². The maximum atomic E-state index is 12.8. The molecule has 24 heavy (non-hydrogen) atoms. The van der Waals surface area contributed by atoms with Gasteiger partial charge in [-0.1, -0.05) is 30.4 Å². The molecule has 5 nitrogen and oxygen atoms in total. The summed E-state index contributed by atoms with van der Waals surface area (Å²) in [5, 5.41) is 0. The normalized spacial score (nSPS) is 38.1. The topological polar surface area (TPSA) is 63.7 Å². The van der Waals surface area contributed by atoms with Crippen molar-refractivity contribution in [1.82, 2.24) is 4.90 Å². The highest BCUT2D eigenvalue weighted by atomic mass is 16.5. The molecular formula is C19H17NO4. The quantitative estimate of drug-likeness (QED) is 0.367. The number of para-hydroxylation sites is 1. The molecule has 1 saturated heterocycles. The number of amides is 2. The lowest BCUT2D eigenvalue weighted by Gasteiger charge is -2.37. The first-order valence-corrected chi connectivity index (χ1v) is 8.44. The van der Waals surface area contributed by atoms with Gasteiger partial charge in [-0.2, -0.15) is 0 Å². The third-order valence-corrected chi connectivity index (χ3v) is 6.02. The monoisotopic (exact) mass is 323 g/mol. The van der Waals surface area contributed by atoms with E-state index >= 15 is 0 Å². The standard InChI is InChI=1S/C19H17NO4/c21-15(24-10-4-2-1-3-5-10)9-20-18(22)16-11-6-7-12(14-8-13(11)14)17(16)19(20)23/h1-7,11-14,16-17H,8-9H2/t11-,12-,13-,14-,16-,17+/m0/s1. The number of benzene rings is 1. The minimum Gasteiger partial charge on any atom is -0.425 e. The second-order valence-electron chi connectivity index (χ2n) is 7.20. The van der Waals surface area contributed by atoms with Crippen molar-refractivity contribution < 1.29 is 19.1 Å². The number of imide groups is 1. The van der Waals surface area contributed by atoms with Gasteiger partial charge in [-0.15, -0.1) is 0 Å². The summed E-state index contributed by atoms with van der Waals surface area (Å²) in [5.74, 6) is 0.409. The van der Waals surface area contributed by atoms with E-state index in [1.54, 1.807) is 24.3 Å². The molecule has 3 fully saturated rings. The van der Waals surface area contributed by atoms with Crippen LogP contribution >= 0.6 is 0 Å². The molecule has 0 aromatic heterocycles. The highest BCUT2D eigenvalue weighted by Gasteiger charge is 2.67. The number of esters is 1. The Balaban J connectivity index is 1.34. The largest absolute Gasteiger partial charge is 0.425 e. The first-order chi connectivity index (χ1) is 11.6. The highest BCUT2D eigenvalue weighted by molar-refractivity contribution is 6.08. The molecule has 0 radical (unpaired) electrons. The van der Waals surface area contributed by atoms with Gasteiger partial charge >= 0.3 is 5.97 Å². The van der Waals surface area contributed by atoms with Gasteiger partial charge in [0.15, 0.2) is 0 Å². The number of hydrogen-bond donors (Lipinski definition) is 0. The van der Waals surface area contributed by atoms with Crippen LogP contribution in [0.4, 0.5) is 0 Å². The molecule has 1 aliphatic heterocycles. The molecule has 0 N–H and O–H groups in total. The zero-order valence-corrected chi connectivity index (χ0v) is 13.0. The Labute approximate surface area is 139 Å². The van der Waals surface area contributed by atoms with Crippen LogP contribution in [-0.4, -0.2) is 29.2 Å². The van der Waals surface area contributed by atoms with Crippen molar-refractivity contribution in [3.05, 3.63) is 42.5 Å². The van der Waals surface area contributed by atoms with Gasteiger partial charge in [0.25, 0.3) is 0 Å². The third kappa shape index (κ3) is 1.84. The Bertz CT molecular complexity index is 735. The molecule has 6 atom stereocenters. The van der Waals surface area contributed by atoms with Crippen molar-refractivity contribution in [3.63, 3.8) is 0 Å². The number of ether oxygens (including phenoxy) is 1. The summed E-state index contributed by atoms with van der Waals surface area (Å²) in [6.45, 7) is -0.297. The van der Waals surface area contributed by atoms with Crippen LogP contribution in [0.25, 0.3) is 0 Å². The summed E-state index contributed by atoms with van der Waals surface area (Å²) >= 11 is 0. The number of carbonyl (C=O) groups excluding carboxylic acids is 3. The second kappa shape index (κ2) is 4.79. The molecule has 5 aliphatic rings. The number of likely N-dealkylation sites (tertiary alicyclic amines) is 1. The van der Waals surface area contributed by atoms with Gasteiger partial charge < -0.3 is 4.74 Å². The third-order valence-electron chi connectivity index (χ3n) is 6.02. The first kappa shape index (κ1) is 14.0. The fourth-order valence-electron chi connectivity index (χ4n) is 4.96. The molecule has 122 valence electrons. The predicted molar refractivity (Wildman–Crippen MR) is 83.5 cm³/mol. The average Bonchev–Trinajstić information content (AvgIpc) is 3.37. The summed E-state index contributed by atoms with van der Waals surface area (Å²) in [7, 11) is 0. The molecular weight excluding hydrogens is 306 g/mol. The van der Waals surface area contributed by atoms with E-state index in [4.69, 9.17) is 4.74 Å². The zero-order chi connectivity index (χ0) is 16.4. The van der Waals surface area contributed by atoms with E-state index < -0.39 is 5.97 Å². The minimum atomic E-state index is -0.577. The lowest BCUT2D eigenvalue weighted by Crippen LogP contribution is -2.40. The van der Waals surface area contributed by atoms with Crippen molar-refractivity contribution >= 4 is 17.8 Å². The first-order valence-electron chi connectivity index (χ1n) is 8.44. The van der Waals surface area contributed by atoms with E-state index in [2.05, 4.69) is 12.2 Å². The van der Waals surface area contributed by atoms with Crippen LogP contribution in [0.1, 0.15) is 6.42 Å². The minimum absolute atomic E-state index is 0.177. The number of nitrogens with zero attached hydrogens (tertiary/aromatic N) is 1. The van der Waals surface area contributed by atoms with Gasteiger partial charge in [-0.05, 0) is 42.2 Å². The van der Waals surface area contributed by atoms with E-state index in [0.717, 1.165) is 11.3 Å². The molecule has 2 amide bonds. The van der Waals surface area contributed by atoms with Crippen LogP contribution in [0.2, 0.25) is 0 Å². The summed E-state index contributed by atoms with van der Waals surface area (Å²) in [6.07, 6.45) is 5.37. The van der Waals surface area contributed by atoms with Crippen molar-refractivity contribution in [3.8, 4) is 5.75 Å². The molecule has 6 rings (SSSR count). The average molecular weight is 323 g/mol. The van der Waals surface area contributed by atoms with Crippen LogP contribution in [-0.2, 0) is 14.4 Å². The van der Waals surface area contributed by atoms with Crippen molar-refractivity contribution in [2.75, 3.05) is 6.54 Å². The summed E-state index contributed by atoms with van der Waals surface area (Å²) in [4.78, 5) is 38.8. The smallest absolute Gasteiger partial charge is 0.331 e. The Kier molecular flexibility index (Phi) is 2.78. The van der Waals surface area contributed by atoms with Gasteiger partial charge in [0.05, 0.1) is 11.8 Å². The van der Waals surface area contributed by atoms with Gasteiger partial charge in [0.1, 0.15) is 12.3 Å². The van der Waals surface area contributed by atoms with Crippen molar-refractivity contribution in [2.24, 2.45) is 35.5 Å². The van der Waals surface area contributed by atoms with Crippen LogP contribution in [0.15, 0.2) is 42.5 Å². The number of carbonyl (C=O) groups is 3. The fraction of sp³-hybridized carbons (Fsp3) is 0.421. The van der Waals surface area contributed by atoms with E-state index in [0.29, 0.717) is 17.6 Å². The number of rotatable bonds is 3. The number of hydrogen-bond acceptors (Lipinski definition) is 4. The lowest BCUT2D eigenvalue weighted by atomic mass is 9.63. The maximum Gasteiger partial charge on any atom is 0.331 e. The Morgan fingerprint density at radius 1 is 1.00 bits per heavy atom. The van der Waals surface area contributed by atoms with Gasteiger partial charge in [0, 0.05) is 0 Å². The summed E-state index contributed by atoms with van der Waals surface area (Å²) < 4.78 is 5.22. The molecule has 1 aromatic rings. The highest BCUT2D eigenvalue weighted by Crippen LogP contribution is 2.65. The predicted octanol–water partition coefficient (Wildman–Crippen LogP) is 1.65. The van der Waals surface area contributed by atoms with E-state index in [1.165, 1.54) is 0 Å². The molecule has 1 aromatic carbocycles. The van der Waals surface area contributed by atoms with Crippen LogP contribution in [0, 0.1) is 35.5 Å². The molecule has 0 unspecified atom stereocenters. The van der Waals surface area contributed by atoms with E-state index in [1.807, 2.05) is 6.07 Å². The van der Waals surface area contributed by atoms with Crippen LogP contribution < -0.4 is 4.74 Å². The van der Waals surface area contributed by atoms with Crippen LogP contribution in [0.5, 0.6) is 5.75 Å². The van der Waals surface area contributed by atoms with Crippen molar-refractivity contribution in [1.29, 1.82) is 0 Å². The number of allylic oxidation sites excluding steroid dienone is 2. The molecule has 0 spiro atoms. The molecule has 2 bridgehead atoms. The van der Waals surface area contributed by atoms with E-state index in [9.17, 15) is 14.4 Å². The Morgan fingerprint density at radius 2 is 1.58 bits per heavy atom. The molecule has 5 heteroatoms. The van der Waals surface area contributed by atoms with E-state index in [-0.39, 0.29) is 42.0 Å².